The quantitative estimate of drug-likeness (QED) is 0.741. The van der Waals surface area contributed by atoms with Crippen molar-refractivity contribution in [3.05, 3.63) is 0 Å². The first-order chi connectivity index (χ1) is 7.76. The maximum Gasteiger partial charge on any atom is 0.239 e. The number of hydrogen-bond acceptors (Lipinski definition) is 4. The van der Waals surface area contributed by atoms with E-state index in [0.717, 1.165) is 24.7 Å². The molecule has 0 saturated carbocycles. The Morgan fingerprint density at radius 2 is 2.31 bits per heavy atom. The Labute approximate surface area is 102 Å². The van der Waals surface area contributed by atoms with E-state index in [9.17, 15) is 4.79 Å². The third-order valence-electron chi connectivity index (χ3n) is 2.30. The van der Waals surface area contributed by atoms with Crippen molar-refractivity contribution in [3.63, 3.8) is 0 Å². The Bertz CT molecular complexity index is 256. The Balaban J connectivity index is 2.12. The maximum atomic E-state index is 11.3. The molecule has 1 amide bonds. The van der Waals surface area contributed by atoms with E-state index in [1.807, 2.05) is 6.92 Å². The van der Waals surface area contributed by atoms with E-state index >= 15 is 0 Å². The molecule has 5 heteroatoms. The largest absolute Gasteiger partial charge is 0.356 e. The summed E-state index contributed by atoms with van der Waals surface area (Å²) in [6.07, 6.45) is 3.36. The van der Waals surface area contributed by atoms with Gasteiger partial charge in [0.25, 0.3) is 0 Å². The number of nitrogens with zero attached hydrogens (tertiary/aromatic N) is 1. The first-order valence-electron chi connectivity index (χ1n) is 5.98. The number of hydrogen-bond donors (Lipinski definition) is 2. The van der Waals surface area contributed by atoms with Crippen LogP contribution in [0.15, 0.2) is 4.99 Å². The van der Waals surface area contributed by atoms with Gasteiger partial charge >= 0.3 is 0 Å². The predicted molar refractivity (Wildman–Crippen MR) is 69.9 cm³/mol. The summed E-state index contributed by atoms with van der Waals surface area (Å²) < 4.78 is 0. The van der Waals surface area contributed by atoms with Crippen LogP contribution >= 0.6 is 11.8 Å². The number of amidine groups is 1. The highest BCUT2D eigenvalue weighted by Gasteiger charge is 2.18. The standard InChI is InChI=1S/C11H21N3OS/c1-3-5-9-7-13-11(16-9)14-8-10(15)12-6-4-2/h9H,3-8H2,1-2H3,(H,12,15)(H,13,14). The topological polar surface area (TPSA) is 53.5 Å². The van der Waals surface area contributed by atoms with Crippen molar-refractivity contribution in [2.75, 3.05) is 19.6 Å². The summed E-state index contributed by atoms with van der Waals surface area (Å²) in [4.78, 5) is 15.7. The van der Waals surface area contributed by atoms with Crippen molar-refractivity contribution in [3.8, 4) is 0 Å². The van der Waals surface area contributed by atoms with Gasteiger partial charge in [-0.25, -0.2) is 0 Å². The van der Waals surface area contributed by atoms with Gasteiger partial charge in [-0.1, -0.05) is 32.0 Å². The van der Waals surface area contributed by atoms with Gasteiger partial charge in [0.05, 0.1) is 13.1 Å². The Morgan fingerprint density at radius 1 is 1.50 bits per heavy atom. The number of thioether (sulfide) groups is 1. The minimum absolute atomic E-state index is 0.0455. The normalized spacial score (nSPS) is 19.4. The summed E-state index contributed by atoms with van der Waals surface area (Å²) in [7, 11) is 0. The third kappa shape index (κ3) is 4.88. The molecule has 1 unspecified atom stereocenters. The van der Waals surface area contributed by atoms with Gasteiger partial charge in [0, 0.05) is 11.8 Å². The van der Waals surface area contributed by atoms with E-state index in [1.165, 1.54) is 12.8 Å². The molecule has 0 radical (unpaired) electrons. The molecule has 0 aliphatic carbocycles. The summed E-state index contributed by atoms with van der Waals surface area (Å²) in [6.45, 7) is 6.20. The number of amides is 1. The number of rotatable bonds is 6. The molecule has 0 aromatic carbocycles. The van der Waals surface area contributed by atoms with Crippen LogP contribution in [-0.4, -0.2) is 36.0 Å². The summed E-state index contributed by atoms with van der Waals surface area (Å²) in [5.41, 5.74) is 0. The minimum Gasteiger partial charge on any atom is -0.356 e. The highest BCUT2D eigenvalue weighted by atomic mass is 32.2. The molecule has 0 aromatic rings. The molecular formula is C11H21N3OS. The first-order valence-corrected chi connectivity index (χ1v) is 6.85. The van der Waals surface area contributed by atoms with Crippen molar-refractivity contribution >= 4 is 22.8 Å². The third-order valence-corrected chi connectivity index (χ3v) is 3.51. The average molecular weight is 243 g/mol. The smallest absolute Gasteiger partial charge is 0.239 e. The highest BCUT2D eigenvalue weighted by Crippen LogP contribution is 2.23. The Morgan fingerprint density at radius 3 is 3.00 bits per heavy atom. The second-order valence-electron chi connectivity index (χ2n) is 3.88. The molecule has 1 atom stereocenters. The first kappa shape index (κ1) is 13.4. The van der Waals surface area contributed by atoms with Gasteiger partial charge in [0.1, 0.15) is 0 Å². The van der Waals surface area contributed by atoms with Crippen molar-refractivity contribution in [1.82, 2.24) is 10.6 Å². The molecule has 1 rings (SSSR count). The summed E-state index contributed by atoms with van der Waals surface area (Å²) in [5, 5.41) is 7.43. The maximum absolute atomic E-state index is 11.3. The van der Waals surface area contributed by atoms with Gasteiger partial charge in [-0.05, 0) is 12.8 Å². The molecule has 0 aromatic heterocycles. The number of carbonyl (C=O) groups is 1. The Kier molecular flexibility index (Phi) is 6.30. The second-order valence-corrected chi connectivity index (χ2v) is 5.17. The molecule has 1 aliphatic heterocycles. The summed E-state index contributed by atoms with van der Waals surface area (Å²) in [5.74, 6) is 0.0455. The van der Waals surface area contributed by atoms with Crippen LogP contribution < -0.4 is 10.6 Å². The lowest BCUT2D eigenvalue weighted by Crippen LogP contribution is -2.35. The molecule has 16 heavy (non-hydrogen) atoms. The summed E-state index contributed by atoms with van der Waals surface area (Å²) in [6, 6.07) is 0. The minimum atomic E-state index is 0.0455. The fourth-order valence-electron chi connectivity index (χ4n) is 1.47. The number of carbonyl (C=O) groups excluding carboxylic acids is 1. The van der Waals surface area contributed by atoms with E-state index < -0.39 is 0 Å². The van der Waals surface area contributed by atoms with Crippen molar-refractivity contribution < 1.29 is 4.79 Å². The van der Waals surface area contributed by atoms with Crippen molar-refractivity contribution in [2.24, 2.45) is 4.99 Å². The SMILES string of the molecule is CCCNC(=O)CNC1=NCC(CCC)S1. The monoisotopic (exact) mass is 243 g/mol. The van der Waals surface area contributed by atoms with Gasteiger partial charge in [-0.3, -0.25) is 9.79 Å². The summed E-state index contributed by atoms with van der Waals surface area (Å²) >= 11 is 1.76. The molecule has 0 fully saturated rings. The van der Waals surface area contributed by atoms with Crippen molar-refractivity contribution in [1.29, 1.82) is 0 Å². The molecule has 0 bridgehead atoms. The van der Waals surface area contributed by atoms with Gasteiger partial charge in [0.15, 0.2) is 5.17 Å². The molecule has 4 nitrogen and oxygen atoms in total. The van der Waals surface area contributed by atoms with Crippen LogP contribution in [0.2, 0.25) is 0 Å². The lowest BCUT2D eigenvalue weighted by atomic mass is 10.2. The number of aliphatic imine (C=N–C) groups is 1. The molecule has 2 N–H and O–H groups in total. The Hall–Kier alpha value is -0.710. The van der Waals surface area contributed by atoms with E-state index in [4.69, 9.17) is 0 Å². The van der Waals surface area contributed by atoms with Crippen LogP contribution in [0.25, 0.3) is 0 Å². The molecule has 0 spiro atoms. The van der Waals surface area contributed by atoms with E-state index in [0.29, 0.717) is 11.8 Å². The lowest BCUT2D eigenvalue weighted by Gasteiger charge is -2.08. The molecular weight excluding hydrogens is 222 g/mol. The van der Waals surface area contributed by atoms with E-state index in [-0.39, 0.29) is 5.91 Å². The van der Waals surface area contributed by atoms with Crippen molar-refractivity contribution in [2.45, 2.75) is 38.4 Å². The van der Waals surface area contributed by atoms with Crippen LogP contribution in [0.4, 0.5) is 0 Å². The molecule has 1 heterocycles. The average Bonchev–Trinajstić information content (AvgIpc) is 2.72. The van der Waals surface area contributed by atoms with Gasteiger partial charge < -0.3 is 10.6 Å². The van der Waals surface area contributed by atoms with Gasteiger partial charge in [-0.15, -0.1) is 0 Å². The van der Waals surface area contributed by atoms with Crippen LogP contribution in [0.5, 0.6) is 0 Å². The van der Waals surface area contributed by atoms with Crippen LogP contribution in [-0.2, 0) is 4.79 Å². The molecule has 92 valence electrons. The van der Waals surface area contributed by atoms with Crippen LogP contribution in [0.1, 0.15) is 33.1 Å². The molecule has 1 aliphatic rings. The fourth-order valence-corrected chi connectivity index (χ4v) is 2.59. The number of nitrogens with one attached hydrogen (secondary N) is 2. The van der Waals surface area contributed by atoms with Gasteiger partial charge in [-0.2, -0.15) is 0 Å². The van der Waals surface area contributed by atoms with Crippen LogP contribution in [0, 0.1) is 0 Å². The van der Waals surface area contributed by atoms with E-state index in [1.54, 1.807) is 11.8 Å². The predicted octanol–water partition coefficient (Wildman–Crippen LogP) is 1.37. The lowest BCUT2D eigenvalue weighted by molar-refractivity contribution is -0.119. The molecule has 0 saturated heterocycles. The second kappa shape index (κ2) is 7.54. The fraction of sp³-hybridized carbons (Fsp3) is 0.818. The zero-order valence-corrected chi connectivity index (χ0v) is 10.9. The van der Waals surface area contributed by atoms with Gasteiger partial charge in [0.2, 0.25) is 5.91 Å². The van der Waals surface area contributed by atoms with Crippen LogP contribution in [0.3, 0.4) is 0 Å². The van der Waals surface area contributed by atoms with E-state index in [2.05, 4.69) is 22.5 Å². The highest BCUT2D eigenvalue weighted by molar-refractivity contribution is 8.14. The zero-order valence-electron chi connectivity index (χ0n) is 10.1. The zero-order chi connectivity index (χ0) is 11.8.